The van der Waals surface area contributed by atoms with Gasteiger partial charge in [0.1, 0.15) is 17.2 Å². The van der Waals surface area contributed by atoms with Crippen molar-refractivity contribution in [1.29, 1.82) is 0 Å². The normalized spacial score (nSPS) is 13.1. The van der Waals surface area contributed by atoms with Crippen LogP contribution in [0, 0.1) is 6.92 Å². The van der Waals surface area contributed by atoms with Crippen LogP contribution in [0.2, 0.25) is 0 Å². The molecule has 2 aromatic rings. The minimum atomic E-state index is 0.728. The zero-order valence-electron chi connectivity index (χ0n) is 14.6. The van der Waals surface area contributed by atoms with Gasteiger partial charge in [-0.05, 0) is 60.2 Å². The van der Waals surface area contributed by atoms with Crippen molar-refractivity contribution in [1.82, 2.24) is 0 Å². The van der Waals surface area contributed by atoms with Crippen molar-refractivity contribution < 1.29 is 14.2 Å². The van der Waals surface area contributed by atoms with Gasteiger partial charge in [-0.3, -0.25) is 0 Å². The summed E-state index contributed by atoms with van der Waals surface area (Å²) in [5, 5.41) is 0. The molecule has 0 radical (unpaired) electrons. The molecule has 1 aliphatic rings. The first-order valence-electron chi connectivity index (χ1n) is 7.99. The molecule has 0 heterocycles. The Morgan fingerprint density at radius 2 is 1.54 bits per heavy atom. The summed E-state index contributed by atoms with van der Waals surface area (Å²) in [6.45, 7) is 1.99. The lowest BCUT2D eigenvalue weighted by Crippen LogP contribution is -2.07. The van der Waals surface area contributed by atoms with Crippen LogP contribution in [0.15, 0.2) is 30.3 Å². The van der Waals surface area contributed by atoms with Gasteiger partial charge in [0.25, 0.3) is 0 Å². The molecule has 0 aliphatic heterocycles. The van der Waals surface area contributed by atoms with Crippen LogP contribution in [0.25, 0.3) is 5.57 Å². The second-order valence-electron chi connectivity index (χ2n) is 5.87. The summed E-state index contributed by atoms with van der Waals surface area (Å²) in [6, 6.07) is 8.11. The van der Waals surface area contributed by atoms with E-state index in [9.17, 15) is 0 Å². The Kier molecular flexibility index (Phi) is 4.38. The van der Waals surface area contributed by atoms with Gasteiger partial charge < -0.3 is 19.9 Å². The Labute approximate surface area is 142 Å². The van der Waals surface area contributed by atoms with E-state index in [1.165, 1.54) is 0 Å². The van der Waals surface area contributed by atoms with Crippen LogP contribution < -0.4 is 19.9 Å². The molecule has 3 rings (SSSR count). The number of nitrogens with two attached hydrogens (primary N) is 1. The Bertz CT molecular complexity index is 784. The first kappa shape index (κ1) is 16.2. The van der Waals surface area contributed by atoms with E-state index in [-0.39, 0.29) is 0 Å². The second-order valence-corrected chi connectivity index (χ2v) is 5.87. The Hall–Kier alpha value is -2.62. The fraction of sp³-hybridized carbons (Fsp3) is 0.300. The van der Waals surface area contributed by atoms with E-state index in [0.717, 1.165) is 63.6 Å². The van der Waals surface area contributed by atoms with Gasteiger partial charge >= 0.3 is 0 Å². The lowest BCUT2D eigenvalue weighted by molar-refractivity contribution is 0.388. The maximum Gasteiger partial charge on any atom is 0.142 e. The highest BCUT2D eigenvalue weighted by molar-refractivity contribution is 5.87. The van der Waals surface area contributed by atoms with E-state index in [4.69, 9.17) is 19.9 Å². The quantitative estimate of drug-likeness (QED) is 0.864. The molecule has 4 nitrogen and oxygen atoms in total. The van der Waals surface area contributed by atoms with Crippen LogP contribution >= 0.6 is 0 Å². The van der Waals surface area contributed by atoms with Gasteiger partial charge in [-0.15, -0.1) is 0 Å². The minimum Gasteiger partial charge on any atom is -0.496 e. The third-order valence-corrected chi connectivity index (χ3v) is 4.63. The first-order chi connectivity index (χ1) is 11.6. The SMILES string of the molecule is COc1cc(C2=CCCc3c2ccc(OC)c3N)cc(OC)c1C. The molecule has 2 N–H and O–H groups in total. The van der Waals surface area contributed by atoms with Gasteiger partial charge in [0.05, 0.1) is 27.0 Å². The molecule has 0 spiro atoms. The monoisotopic (exact) mass is 325 g/mol. The minimum absolute atomic E-state index is 0.728. The van der Waals surface area contributed by atoms with Crippen molar-refractivity contribution in [3.8, 4) is 17.2 Å². The lowest BCUT2D eigenvalue weighted by Gasteiger charge is -2.22. The highest BCUT2D eigenvalue weighted by atomic mass is 16.5. The summed E-state index contributed by atoms with van der Waals surface area (Å²) < 4.78 is 16.4. The van der Waals surface area contributed by atoms with Crippen LogP contribution in [-0.2, 0) is 6.42 Å². The Balaban J connectivity index is 2.16. The number of benzene rings is 2. The maximum atomic E-state index is 6.29. The highest BCUT2D eigenvalue weighted by Crippen LogP contribution is 2.41. The molecule has 0 bridgehead atoms. The topological polar surface area (TPSA) is 53.7 Å². The van der Waals surface area contributed by atoms with Crippen molar-refractivity contribution in [3.05, 3.63) is 52.6 Å². The zero-order valence-corrected chi connectivity index (χ0v) is 14.6. The van der Waals surface area contributed by atoms with E-state index in [2.05, 4.69) is 24.3 Å². The number of methoxy groups -OCH3 is 3. The summed E-state index contributed by atoms with van der Waals surface area (Å²) in [6.07, 6.45) is 4.11. The number of ether oxygens (including phenoxy) is 3. The van der Waals surface area contributed by atoms with Crippen LogP contribution in [0.1, 0.15) is 28.7 Å². The van der Waals surface area contributed by atoms with Gasteiger partial charge in [-0.2, -0.15) is 0 Å². The smallest absolute Gasteiger partial charge is 0.142 e. The molecular formula is C20H23NO3. The van der Waals surface area contributed by atoms with Gasteiger partial charge in [0.15, 0.2) is 0 Å². The average molecular weight is 325 g/mol. The van der Waals surface area contributed by atoms with Crippen molar-refractivity contribution in [2.75, 3.05) is 27.1 Å². The number of hydrogen-bond donors (Lipinski definition) is 1. The standard InChI is InChI=1S/C20H23NO3/c1-12-18(23-3)10-13(11-19(12)24-4)14-6-5-7-16-15(14)8-9-17(22-2)20(16)21/h6,8-11H,5,7,21H2,1-4H3. The van der Waals surface area contributed by atoms with E-state index in [1.807, 2.05) is 13.0 Å². The van der Waals surface area contributed by atoms with E-state index >= 15 is 0 Å². The van der Waals surface area contributed by atoms with Crippen LogP contribution in [-0.4, -0.2) is 21.3 Å². The fourth-order valence-electron chi connectivity index (χ4n) is 3.33. The van der Waals surface area contributed by atoms with Crippen molar-refractivity contribution in [3.63, 3.8) is 0 Å². The molecule has 4 heteroatoms. The summed E-state index contributed by atoms with van der Waals surface area (Å²) in [5.74, 6) is 2.37. The molecule has 24 heavy (non-hydrogen) atoms. The predicted octanol–water partition coefficient (Wildman–Crippen LogP) is 3.98. The second kappa shape index (κ2) is 6.48. The summed E-state index contributed by atoms with van der Waals surface area (Å²) in [4.78, 5) is 0. The molecule has 0 aromatic heterocycles. The van der Waals surface area contributed by atoms with Gasteiger partial charge in [0.2, 0.25) is 0 Å². The Morgan fingerprint density at radius 1 is 0.917 bits per heavy atom. The van der Waals surface area contributed by atoms with Crippen molar-refractivity contribution >= 4 is 11.3 Å². The Morgan fingerprint density at radius 3 is 2.12 bits per heavy atom. The molecule has 0 atom stereocenters. The fourth-order valence-corrected chi connectivity index (χ4v) is 3.33. The largest absolute Gasteiger partial charge is 0.496 e. The van der Waals surface area contributed by atoms with E-state index in [0.29, 0.717) is 0 Å². The van der Waals surface area contributed by atoms with Crippen LogP contribution in [0.5, 0.6) is 17.2 Å². The number of anilines is 1. The van der Waals surface area contributed by atoms with Crippen LogP contribution in [0.4, 0.5) is 5.69 Å². The number of nitrogen functional groups attached to an aromatic ring is 1. The highest BCUT2D eigenvalue weighted by Gasteiger charge is 2.20. The number of hydrogen-bond acceptors (Lipinski definition) is 4. The molecule has 0 saturated carbocycles. The van der Waals surface area contributed by atoms with Crippen LogP contribution in [0.3, 0.4) is 0 Å². The predicted molar refractivity (Wildman–Crippen MR) is 97.1 cm³/mol. The van der Waals surface area contributed by atoms with Gasteiger partial charge in [-0.1, -0.05) is 12.1 Å². The molecule has 1 aliphatic carbocycles. The summed E-state index contributed by atoms with van der Waals surface area (Å²) in [7, 11) is 5.00. The van der Waals surface area contributed by atoms with E-state index < -0.39 is 0 Å². The third kappa shape index (κ3) is 2.58. The molecule has 126 valence electrons. The van der Waals surface area contributed by atoms with Crippen molar-refractivity contribution in [2.24, 2.45) is 0 Å². The van der Waals surface area contributed by atoms with Crippen molar-refractivity contribution in [2.45, 2.75) is 19.8 Å². The summed E-state index contributed by atoms with van der Waals surface area (Å²) in [5.41, 5.74) is 12.5. The van der Waals surface area contributed by atoms with E-state index in [1.54, 1.807) is 21.3 Å². The van der Waals surface area contributed by atoms with Gasteiger partial charge in [-0.25, -0.2) is 0 Å². The zero-order chi connectivity index (χ0) is 17.3. The van der Waals surface area contributed by atoms with Gasteiger partial charge in [0, 0.05) is 5.56 Å². The molecular weight excluding hydrogens is 302 g/mol. The third-order valence-electron chi connectivity index (χ3n) is 4.63. The number of allylic oxidation sites excluding steroid dienone is 1. The lowest BCUT2D eigenvalue weighted by atomic mass is 9.85. The molecule has 0 unspecified atom stereocenters. The molecule has 0 amide bonds. The molecule has 0 fully saturated rings. The molecule has 2 aromatic carbocycles. The summed E-state index contributed by atoms with van der Waals surface area (Å²) >= 11 is 0. The maximum absolute atomic E-state index is 6.29. The molecule has 0 saturated heterocycles. The number of rotatable bonds is 4. The number of fused-ring (bicyclic) bond motifs is 1. The first-order valence-corrected chi connectivity index (χ1v) is 7.99. The average Bonchev–Trinajstić information content (AvgIpc) is 2.62.